The zero-order chi connectivity index (χ0) is 26.0. The summed E-state index contributed by atoms with van der Waals surface area (Å²) in [6.45, 7) is 0.236. The molecule has 6 aromatic rings. The number of rotatable bonds is 8. The number of benzene rings is 6. The summed E-state index contributed by atoms with van der Waals surface area (Å²) in [5.74, 6) is 0. The van der Waals surface area contributed by atoms with Crippen molar-refractivity contribution in [2.45, 2.75) is 18.3 Å². The van der Waals surface area contributed by atoms with Gasteiger partial charge in [-0.25, -0.2) is 0 Å². The Kier molecular flexibility index (Phi) is 9.00. The third-order valence-electron chi connectivity index (χ3n) is 7.71. The van der Waals surface area contributed by atoms with Gasteiger partial charge in [-0.05, 0) is 61.8 Å². The van der Waals surface area contributed by atoms with E-state index in [9.17, 15) is 10.0 Å². The van der Waals surface area contributed by atoms with Crippen LogP contribution in [0.2, 0.25) is 0 Å². The molecule has 0 saturated heterocycles. The quantitative estimate of drug-likeness (QED) is 0.0919. The summed E-state index contributed by atoms with van der Waals surface area (Å²) in [4.78, 5) is 0. The molecule has 5 nitrogen and oxygen atoms in total. The molecule has 40 heavy (non-hydrogen) atoms. The van der Waals surface area contributed by atoms with Crippen molar-refractivity contribution in [1.82, 2.24) is 12.3 Å². The highest BCUT2D eigenvalue weighted by molar-refractivity contribution is 6.32. The summed E-state index contributed by atoms with van der Waals surface area (Å²) in [5, 5.41) is 26.0. The molecule has 0 atom stereocenters. The average Bonchev–Trinajstić information content (AvgIpc) is 2.97. The van der Waals surface area contributed by atoms with E-state index in [1.165, 1.54) is 49.0 Å². The molecule has 0 aliphatic rings. The Morgan fingerprint density at radius 2 is 0.850 bits per heavy atom. The lowest BCUT2D eigenvalue weighted by atomic mass is 9.63. The van der Waals surface area contributed by atoms with Crippen LogP contribution in [0.25, 0.3) is 32.3 Å². The van der Waals surface area contributed by atoms with Crippen LogP contribution in [0, 0.1) is 0 Å². The first-order valence-electron chi connectivity index (χ1n) is 13.1. The molecule has 0 aliphatic heterocycles. The third kappa shape index (κ3) is 5.11. The number of fused-ring (bicyclic) bond motifs is 3. The molecule has 0 aromatic heterocycles. The molecule has 0 unspecified atom stereocenters. The van der Waals surface area contributed by atoms with Gasteiger partial charge in [-0.2, -0.15) is 0 Å². The van der Waals surface area contributed by atoms with Gasteiger partial charge in [0.05, 0.1) is 0 Å². The van der Waals surface area contributed by atoms with Crippen molar-refractivity contribution >= 4 is 39.6 Å². The van der Waals surface area contributed by atoms with Gasteiger partial charge >= 0.3 is 7.32 Å². The van der Waals surface area contributed by atoms with E-state index in [2.05, 4.69) is 127 Å². The fraction of sp³-hybridized carbons (Fsp3) is 0.118. The Morgan fingerprint density at radius 1 is 0.500 bits per heavy atom. The maximum Gasteiger partial charge on any atom is 0.633 e. The summed E-state index contributed by atoms with van der Waals surface area (Å²) in [5.41, 5.74) is 3.15. The van der Waals surface area contributed by atoms with Crippen molar-refractivity contribution in [3.8, 4) is 0 Å². The van der Waals surface area contributed by atoms with E-state index in [0.717, 1.165) is 6.42 Å². The number of hydrogen-bond acceptors (Lipinski definition) is 5. The van der Waals surface area contributed by atoms with E-state index in [-0.39, 0.29) is 18.9 Å². The van der Waals surface area contributed by atoms with Crippen LogP contribution in [-0.2, 0) is 10.1 Å². The molecular weight excluding hydrogens is 495 g/mol. The van der Waals surface area contributed by atoms with Crippen molar-refractivity contribution < 1.29 is 14.7 Å². The van der Waals surface area contributed by atoms with Gasteiger partial charge in [-0.15, -0.1) is 0 Å². The largest absolute Gasteiger partial charge is 0.633 e. The summed E-state index contributed by atoms with van der Waals surface area (Å²) in [7, 11) is -1.78. The maximum absolute atomic E-state index is 9.39. The zero-order valence-electron chi connectivity index (χ0n) is 22.5. The van der Waals surface area contributed by atoms with Gasteiger partial charge in [0.15, 0.2) is 0 Å². The summed E-state index contributed by atoms with van der Waals surface area (Å²) in [6, 6.07) is 45.4. The molecule has 0 fully saturated rings. The first-order chi connectivity index (χ1) is 18.7. The monoisotopic (exact) mass is 530 g/mol. The Hall–Kier alpha value is -4.04. The van der Waals surface area contributed by atoms with Crippen LogP contribution in [0.5, 0.6) is 0 Å². The highest BCUT2D eigenvalue weighted by Gasteiger charge is 2.39. The fourth-order valence-corrected chi connectivity index (χ4v) is 6.16. The molecular formula is C34H35BN2O3. The molecule has 202 valence electrons. The highest BCUT2D eigenvalue weighted by atomic mass is 16.6. The molecule has 6 rings (SSSR count). The van der Waals surface area contributed by atoms with Crippen molar-refractivity contribution in [2.24, 2.45) is 0 Å². The normalized spacial score (nSPS) is 11.2. The van der Waals surface area contributed by atoms with Crippen LogP contribution >= 0.6 is 0 Å². The van der Waals surface area contributed by atoms with E-state index in [1.54, 1.807) is 0 Å². The van der Waals surface area contributed by atoms with E-state index < -0.39 is 12.7 Å². The zero-order valence-corrected chi connectivity index (χ0v) is 22.5. The molecule has 0 amide bonds. The predicted octanol–water partition coefficient (Wildman–Crippen LogP) is 7.57. The van der Waals surface area contributed by atoms with Gasteiger partial charge in [-0.3, -0.25) is 0 Å². The maximum atomic E-state index is 9.39. The predicted molar refractivity (Wildman–Crippen MR) is 167 cm³/mol. The highest BCUT2D eigenvalue weighted by Crippen LogP contribution is 2.49. The van der Waals surface area contributed by atoms with E-state index in [1.807, 2.05) is 0 Å². The van der Waals surface area contributed by atoms with E-state index in [4.69, 9.17) is 4.65 Å². The fourth-order valence-electron chi connectivity index (χ4n) is 6.16. The van der Waals surface area contributed by atoms with Crippen LogP contribution in [-0.4, -0.2) is 24.0 Å². The second kappa shape index (κ2) is 12.4. The van der Waals surface area contributed by atoms with E-state index >= 15 is 0 Å². The van der Waals surface area contributed by atoms with Crippen LogP contribution in [0.1, 0.15) is 29.5 Å². The van der Waals surface area contributed by atoms with Gasteiger partial charge in [0, 0.05) is 12.0 Å². The van der Waals surface area contributed by atoms with Gasteiger partial charge < -0.3 is 27.0 Å². The molecule has 0 heterocycles. The SMILES string of the molecule is N.N.OB(O)OCCCC(c1cccc2ccccc12)(c1cccc2ccccc12)c1cccc2ccccc12. The summed E-state index contributed by atoms with van der Waals surface area (Å²) in [6.07, 6.45) is 1.35. The Labute approximate surface area is 235 Å². The minimum absolute atomic E-state index is 0. The van der Waals surface area contributed by atoms with Gasteiger partial charge in [0.1, 0.15) is 0 Å². The lowest BCUT2D eigenvalue weighted by molar-refractivity contribution is 0.179. The van der Waals surface area contributed by atoms with Gasteiger partial charge in [0.2, 0.25) is 0 Å². The third-order valence-corrected chi connectivity index (χ3v) is 7.71. The average molecular weight is 530 g/mol. The van der Waals surface area contributed by atoms with E-state index in [0.29, 0.717) is 6.42 Å². The van der Waals surface area contributed by atoms with Crippen molar-refractivity contribution in [3.63, 3.8) is 0 Å². The molecule has 0 aliphatic carbocycles. The minimum atomic E-state index is -1.78. The van der Waals surface area contributed by atoms with Crippen LogP contribution in [0.15, 0.2) is 127 Å². The molecule has 6 heteroatoms. The lowest BCUT2D eigenvalue weighted by Crippen LogP contribution is -2.31. The topological polar surface area (TPSA) is 120 Å². The molecule has 6 aromatic carbocycles. The smallest absolute Gasteiger partial charge is 0.402 e. The Morgan fingerprint density at radius 3 is 1.23 bits per heavy atom. The Balaban J connectivity index is 0.00000185. The van der Waals surface area contributed by atoms with Crippen LogP contribution < -0.4 is 12.3 Å². The van der Waals surface area contributed by atoms with Crippen molar-refractivity contribution in [2.75, 3.05) is 6.61 Å². The molecule has 0 radical (unpaired) electrons. The van der Waals surface area contributed by atoms with Crippen LogP contribution in [0.4, 0.5) is 0 Å². The van der Waals surface area contributed by atoms with Crippen molar-refractivity contribution in [3.05, 3.63) is 144 Å². The summed E-state index contributed by atoms with van der Waals surface area (Å²) < 4.78 is 5.22. The summed E-state index contributed by atoms with van der Waals surface area (Å²) >= 11 is 0. The first-order valence-corrected chi connectivity index (χ1v) is 13.1. The molecule has 0 bridgehead atoms. The molecule has 8 N–H and O–H groups in total. The van der Waals surface area contributed by atoms with Crippen molar-refractivity contribution in [1.29, 1.82) is 0 Å². The second-order valence-electron chi connectivity index (χ2n) is 9.79. The minimum Gasteiger partial charge on any atom is -0.402 e. The van der Waals surface area contributed by atoms with Gasteiger partial charge in [0.25, 0.3) is 0 Å². The Bertz CT molecular complexity index is 1530. The molecule has 0 spiro atoms. The molecule has 0 saturated carbocycles. The van der Waals surface area contributed by atoms with Crippen LogP contribution in [0.3, 0.4) is 0 Å². The van der Waals surface area contributed by atoms with Gasteiger partial charge in [-0.1, -0.05) is 127 Å². The first kappa shape index (κ1) is 29.0. The second-order valence-corrected chi connectivity index (χ2v) is 9.79. The number of hydrogen-bond donors (Lipinski definition) is 4. The lowest BCUT2D eigenvalue weighted by Gasteiger charge is -2.39. The standard InChI is InChI=1S/C34H29BO3.2H3N/c36-35(37)38-24-10-23-34(31-20-7-14-25-11-1-4-17-28(25)31,32-21-8-15-26-12-2-5-18-29(26)32)33-22-9-16-27-13-3-6-19-30(27)33;;/h1-9,11-22,36-37H,10,23-24H2;2*1H3.